The minimum atomic E-state index is -4.47. The first kappa shape index (κ1) is 16.8. The van der Waals surface area contributed by atoms with E-state index in [0.29, 0.717) is 5.39 Å². The van der Waals surface area contributed by atoms with Gasteiger partial charge in [0, 0.05) is 11.9 Å². The van der Waals surface area contributed by atoms with E-state index in [2.05, 4.69) is 15.3 Å². The fraction of sp³-hybridized carbons (Fsp3) is 0.118. The number of anilines is 1. The maximum absolute atomic E-state index is 13.1. The van der Waals surface area contributed by atoms with Crippen LogP contribution in [0, 0.1) is 0 Å². The number of alkyl halides is 3. The molecule has 0 atom stereocenters. The van der Waals surface area contributed by atoms with Crippen LogP contribution in [-0.2, 0) is 12.7 Å². The Bertz CT molecular complexity index is 941. The fourth-order valence-corrected chi connectivity index (χ4v) is 2.52. The summed E-state index contributed by atoms with van der Waals surface area (Å²) in [6, 6.07) is 7.81. The lowest BCUT2D eigenvalue weighted by atomic mass is 10.1. The lowest BCUT2D eigenvalue weighted by Gasteiger charge is -2.14. The molecule has 0 spiro atoms. The molecule has 1 heterocycles. The molecule has 3 rings (SSSR count). The topological polar surface area (TPSA) is 54.9 Å². The van der Waals surface area contributed by atoms with Gasteiger partial charge < -0.3 is 5.32 Å². The highest BCUT2D eigenvalue weighted by Crippen LogP contribution is 2.32. The maximum Gasteiger partial charge on any atom is 0.416 e. The average molecular weight is 349 g/mol. The molecule has 0 aliphatic rings. The molecule has 4 nitrogen and oxygen atoms in total. The van der Waals surface area contributed by atoms with Gasteiger partial charge in [-0.2, -0.15) is 17.6 Å². The number of halogens is 4. The molecule has 0 saturated carbocycles. The molecule has 0 saturated heterocycles. The summed E-state index contributed by atoms with van der Waals surface area (Å²) in [5, 5.41) is 3.14. The second-order valence-electron chi connectivity index (χ2n) is 5.21. The first-order valence-corrected chi connectivity index (χ1v) is 7.20. The summed E-state index contributed by atoms with van der Waals surface area (Å²) >= 11 is 0. The summed E-state index contributed by atoms with van der Waals surface area (Å²) in [5.74, 6) is 0.213. The molecule has 0 unspecified atom stereocenters. The van der Waals surface area contributed by atoms with Crippen LogP contribution in [-0.4, -0.2) is 16.0 Å². The number of nitrogens with zero attached hydrogens (tertiary/aromatic N) is 2. The van der Waals surface area contributed by atoms with Gasteiger partial charge in [0.15, 0.2) is 0 Å². The number of carbonyl (C=O) groups is 1. The van der Waals surface area contributed by atoms with E-state index >= 15 is 0 Å². The van der Waals surface area contributed by atoms with E-state index in [1.807, 2.05) is 0 Å². The van der Waals surface area contributed by atoms with Gasteiger partial charge in [-0.3, -0.25) is 4.79 Å². The van der Waals surface area contributed by atoms with Crippen molar-refractivity contribution in [2.75, 3.05) is 5.32 Å². The quantitative estimate of drug-likeness (QED) is 0.561. The molecule has 25 heavy (non-hydrogen) atoms. The highest BCUT2D eigenvalue weighted by atomic mass is 19.4. The van der Waals surface area contributed by atoms with Crippen molar-refractivity contribution >= 4 is 22.8 Å². The molecular formula is C17H11F4N3O. The largest absolute Gasteiger partial charge is 0.416 e. The zero-order valence-electron chi connectivity index (χ0n) is 12.6. The molecule has 1 aromatic heterocycles. The summed E-state index contributed by atoms with van der Waals surface area (Å²) in [6.07, 6.45) is -3.35. The van der Waals surface area contributed by atoms with Crippen molar-refractivity contribution in [2.24, 2.45) is 0 Å². The normalized spacial score (nSPS) is 11.5. The summed E-state index contributed by atoms with van der Waals surface area (Å²) in [7, 11) is 0. The molecule has 0 fully saturated rings. The molecule has 2 aromatic carbocycles. The molecule has 128 valence electrons. The first-order chi connectivity index (χ1) is 11.9. The smallest absolute Gasteiger partial charge is 0.365 e. The molecule has 0 aliphatic heterocycles. The maximum atomic E-state index is 13.1. The van der Waals surface area contributed by atoms with Gasteiger partial charge in [0.2, 0.25) is 0 Å². The van der Waals surface area contributed by atoms with Crippen LogP contribution in [0.5, 0.6) is 0 Å². The summed E-state index contributed by atoms with van der Waals surface area (Å²) in [6.45, 7) is -0.143. The third kappa shape index (κ3) is 3.42. The van der Waals surface area contributed by atoms with Crippen LogP contribution in [0.15, 0.2) is 48.8 Å². The Hall–Kier alpha value is -3.03. The Balaban J connectivity index is 1.96. The minimum absolute atomic E-state index is 0.0412. The second-order valence-corrected chi connectivity index (χ2v) is 5.21. The van der Waals surface area contributed by atoms with Crippen molar-refractivity contribution < 1.29 is 22.4 Å². The van der Waals surface area contributed by atoms with Crippen LogP contribution in [0.4, 0.5) is 23.4 Å². The lowest BCUT2D eigenvalue weighted by Crippen LogP contribution is -2.12. The Kier molecular flexibility index (Phi) is 4.35. The third-order valence-corrected chi connectivity index (χ3v) is 3.65. The number of fused-ring (bicyclic) bond motifs is 1. The van der Waals surface area contributed by atoms with E-state index in [-0.39, 0.29) is 29.0 Å². The van der Waals surface area contributed by atoms with Gasteiger partial charge >= 0.3 is 12.2 Å². The Morgan fingerprint density at radius 3 is 2.52 bits per heavy atom. The monoisotopic (exact) mass is 349 g/mol. The van der Waals surface area contributed by atoms with Crippen molar-refractivity contribution in [3.05, 3.63) is 65.5 Å². The highest BCUT2D eigenvalue weighted by Gasteiger charge is 2.32. The van der Waals surface area contributed by atoms with E-state index in [1.165, 1.54) is 30.3 Å². The summed E-state index contributed by atoms with van der Waals surface area (Å²) in [5.41, 5.74) is -0.838. The van der Waals surface area contributed by atoms with E-state index < -0.39 is 17.8 Å². The zero-order valence-corrected chi connectivity index (χ0v) is 12.6. The van der Waals surface area contributed by atoms with Gasteiger partial charge in [0.05, 0.1) is 16.6 Å². The molecule has 8 heteroatoms. The Labute approximate surface area is 139 Å². The summed E-state index contributed by atoms with van der Waals surface area (Å²) in [4.78, 5) is 18.9. The Morgan fingerprint density at radius 1 is 1.04 bits per heavy atom. The standard InChI is InChI=1S/C17H11F4N3O/c18-15(25)11-5-3-6-12-14(11)23-9-24-16(12)22-8-10-4-1-2-7-13(10)17(19,20)21/h1-7,9H,8H2,(H,22,23,24). The minimum Gasteiger partial charge on any atom is -0.365 e. The molecule has 0 aliphatic carbocycles. The van der Waals surface area contributed by atoms with E-state index in [9.17, 15) is 22.4 Å². The number of carbonyl (C=O) groups excluding carboxylic acids is 1. The van der Waals surface area contributed by atoms with E-state index in [4.69, 9.17) is 0 Å². The predicted molar refractivity (Wildman–Crippen MR) is 83.7 cm³/mol. The number of hydrogen-bond donors (Lipinski definition) is 1. The van der Waals surface area contributed by atoms with Crippen molar-refractivity contribution in [3.63, 3.8) is 0 Å². The van der Waals surface area contributed by atoms with Crippen LogP contribution >= 0.6 is 0 Å². The number of para-hydroxylation sites is 1. The van der Waals surface area contributed by atoms with Gasteiger partial charge in [-0.1, -0.05) is 24.3 Å². The molecule has 0 amide bonds. The number of benzene rings is 2. The highest BCUT2D eigenvalue weighted by molar-refractivity contribution is 6.04. The number of aromatic nitrogens is 2. The number of hydrogen-bond acceptors (Lipinski definition) is 4. The fourth-order valence-electron chi connectivity index (χ4n) is 2.52. The van der Waals surface area contributed by atoms with Crippen LogP contribution in [0.2, 0.25) is 0 Å². The molecule has 1 N–H and O–H groups in total. The van der Waals surface area contributed by atoms with Crippen molar-refractivity contribution in [1.82, 2.24) is 9.97 Å². The Morgan fingerprint density at radius 2 is 1.80 bits per heavy atom. The van der Waals surface area contributed by atoms with Gasteiger partial charge in [-0.05, 0) is 23.8 Å². The molecular weight excluding hydrogens is 338 g/mol. The third-order valence-electron chi connectivity index (χ3n) is 3.65. The van der Waals surface area contributed by atoms with Crippen molar-refractivity contribution in [3.8, 4) is 0 Å². The van der Waals surface area contributed by atoms with Crippen molar-refractivity contribution in [1.29, 1.82) is 0 Å². The van der Waals surface area contributed by atoms with Crippen LogP contribution in [0.3, 0.4) is 0 Å². The van der Waals surface area contributed by atoms with Gasteiger partial charge in [0.25, 0.3) is 0 Å². The van der Waals surface area contributed by atoms with Crippen LogP contribution in [0.25, 0.3) is 10.9 Å². The molecule has 0 radical (unpaired) electrons. The number of nitrogens with one attached hydrogen (secondary N) is 1. The molecule has 0 bridgehead atoms. The number of rotatable bonds is 4. The second kappa shape index (κ2) is 6.46. The molecule has 3 aromatic rings. The zero-order chi connectivity index (χ0) is 18.0. The van der Waals surface area contributed by atoms with Gasteiger partial charge in [-0.15, -0.1) is 0 Å². The SMILES string of the molecule is O=C(F)c1cccc2c(NCc3ccccc3C(F)(F)F)ncnc12. The van der Waals surface area contributed by atoms with Gasteiger partial charge in [-0.25, -0.2) is 9.97 Å². The van der Waals surface area contributed by atoms with Crippen LogP contribution < -0.4 is 5.32 Å². The van der Waals surface area contributed by atoms with E-state index in [0.717, 1.165) is 12.4 Å². The average Bonchev–Trinajstić information content (AvgIpc) is 2.58. The summed E-state index contributed by atoms with van der Waals surface area (Å²) < 4.78 is 52.2. The van der Waals surface area contributed by atoms with Crippen LogP contribution in [0.1, 0.15) is 21.5 Å². The first-order valence-electron chi connectivity index (χ1n) is 7.20. The van der Waals surface area contributed by atoms with Crippen molar-refractivity contribution in [2.45, 2.75) is 12.7 Å². The lowest BCUT2D eigenvalue weighted by molar-refractivity contribution is -0.138. The van der Waals surface area contributed by atoms with E-state index in [1.54, 1.807) is 6.07 Å². The predicted octanol–water partition coefficient (Wildman–Crippen LogP) is 4.37. The van der Waals surface area contributed by atoms with Gasteiger partial charge in [0.1, 0.15) is 12.1 Å².